The molecule has 52 valence electrons. The summed E-state index contributed by atoms with van der Waals surface area (Å²) < 4.78 is 0. The van der Waals surface area contributed by atoms with Crippen molar-refractivity contribution in [3.8, 4) is 0 Å². The minimum atomic E-state index is -0.692. The Bertz CT molecular complexity index is 124. The minimum Gasteiger partial charge on any atom is -0.481 e. The molecule has 0 spiro atoms. The van der Waals surface area contributed by atoms with Gasteiger partial charge in [-0.3, -0.25) is 4.79 Å². The quantitative estimate of drug-likeness (QED) is 0.531. The molecule has 2 atom stereocenters. The maximum absolute atomic E-state index is 10.3. The third-order valence-corrected chi connectivity index (χ3v) is 1.82. The Morgan fingerprint density at radius 3 is 2.44 bits per heavy atom. The van der Waals surface area contributed by atoms with Crippen LogP contribution in [-0.2, 0) is 4.79 Å². The van der Waals surface area contributed by atoms with E-state index in [2.05, 4.69) is 0 Å². The molecule has 1 saturated carbocycles. The summed E-state index contributed by atoms with van der Waals surface area (Å²) in [5.74, 6) is -0.858. The van der Waals surface area contributed by atoms with Crippen molar-refractivity contribution in [3.05, 3.63) is 0 Å². The number of aliphatic carboxylic acids is 1. The Kier molecular flexibility index (Phi) is 1.71. The van der Waals surface area contributed by atoms with E-state index < -0.39 is 5.97 Å². The summed E-state index contributed by atoms with van der Waals surface area (Å²) >= 11 is 0. The number of carboxylic acid groups (broad SMARTS) is 1. The molecule has 0 amide bonds. The van der Waals surface area contributed by atoms with Crippen molar-refractivity contribution in [1.82, 2.24) is 0 Å². The van der Waals surface area contributed by atoms with Gasteiger partial charge in [-0.2, -0.15) is 0 Å². The SMILES string of the molecule is NC1CC[C@H](C(=O)O)C1. The molecule has 1 aliphatic rings. The third kappa shape index (κ3) is 1.42. The van der Waals surface area contributed by atoms with Gasteiger partial charge in [0.25, 0.3) is 0 Å². The number of rotatable bonds is 1. The lowest BCUT2D eigenvalue weighted by molar-refractivity contribution is -0.141. The summed E-state index contributed by atoms with van der Waals surface area (Å²) in [6, 6.07) is 0.131. The standard InChI is InChI=1S/C6H11NO2/c7-5-2-1-4(3-5)6(8)9/h4-5H,1-3,7H2,(H,8,9)/t4-,5?/m0/s1. The normalized spacial score (nSPS) is 34.8. The highest BCUT2D eigenvalue weighted by molar-refractivity contribution is 5.70. The smallest absolute Gasteiger partial charge is 0.306 e. The van der Waals surface area contributed by atoms with Gasteiger partial charge in [0.2, 0.25) is 0 Å². The van der Waals surface area contributed by atoms with Crippen molar-refractivity contribution < 1.29 is 9.90 Å². The van der Waals surface area contributed by atoms with Crippen LogP contribution in [0.4, 0.5) is 0 Å². The molecule has 0 aromatic heterocycles. The maximum atomic E-state index is 10.3. The predicted octanol–water partition coefficient (Wildman–Crippen LogP) is 0.198. The van der Waals surface area contributed by atoms with Gasteiger partial charge in [0.1, 0.15) is 0 Å². The summed E-state index contributed by atoms with van der Waals surface area (Å²) in [6.07, 6.45) is 2.29. The predicted molar refractivity (Wildman–Crippen MR) is 33.0 cm³/mol. The van der Waals surface area contributed by atoms with Crippen molar-refractivity contribution in [2.45, 2.75) is 25.3 Å². The zero-order valence-electron chi connectivity index (χ0n) is 5.21. The van der Waals surface area contributed by atoms with E-state index >= 15 is 0 Å². The molecule has 3 nitrogen and oxygen atoms in total. The van der Waals surface area contributed by atoms with E-state index in [-0.39, 0.29) is 12.0 Å². The molecule has 3 heteroatoms. The summed E-state index contributed by atoms with van der Waals surface area (Å²) in [4.78, 5) is 10.3. The lowest BCUT2D eigenvalue weighted by atomic mass is 10.1. The maximum Gasteiger partial charge on any atom is 0.306 e. The van der Waals surface area contributed by atoms with Crippen LogP contribution in [0.3, 0.4) is 0 Å². The Labute approximate surface area is 53.9 Å². The Hall–Kier alpha value is -0.570. The molecule has 0 aromatic carbocycles. The summed E-state index contributed by atoms with van der Waals surface area (Å²) in [7, 11) is 0. The Morgan fingerprint density at radius 1 is 1.56 bits per heavy atom. The van der Waals surface area contributed by atoms with Gasteiger partial charge in [-0.25, -0.2) is 0 Å². The van der Waals surface area contributed by atoms with Gasteiger partial charge < -0.3 is 10.8 Å². The molecule has 0 heterocycles. The van der Waals surface area contributed by atoms with Crippen molar-refractivity contribution in [2.75, 3.05) is 0 Å². The van der Waals surface area contributed by atoms with Gasteiger partial charge in [-0.05, 0) is 19.3 Å². The first-order valence-corrected chi connectivity index (χ1v) is 3.18. The zero-order valence-corrected chi connectivity index (χ0v) is 5.21. The van der Waals surface area contributed by atoms with E-state index in [0.717, 1.165) is 12.8 Å². The van der Waals surface area contributed by atoms with Gasteiger partial charge in [-0.1, -0.05) is 0 Å². The molecule has 3 N–H and O–H groups in total. The first-order valence-electron chi connectivity index (χ1n) is 3.18. The molecular weight excluding hydrogens is 118 g/mol. The van der Waals surface area contributed by atoms with Crippen molar-refractivity contribution in [3.63, 3.8) is 0 Å². The second kappa shape index (κ2) is 2.35. The summed E-state index contributed by atoms with van der Waals surface area (Å²) in [6.45, 7) is 0. The fourth-order valence-corrected chi connectivity index (χ4v) is 1.24. The fourth-order valence-electron chi connectivity index (χ4n) is 1.24. The highest BCUT2D eigenvalue weighted by Crippen LogP contribution is 2.23. The monoisotopic (exact) mass is 129 g/mol. The average Bonchev–Trinajstić information content (AvgIpc) is 2.14. The van der Waals surface area contributed by atoms with Crippen LogP contribution in [0, 0.1) is 5.92 Å². The molecule has 9 heavy (non-hydrogen) atoms. The zero-order chi connectivity index (χ0) is 6.85. The molecule has 0 aliphatic heterocycles. The van der Waals surface area contributed by atoms with Crippen LogP contribution in [0.1, 0.15) is 19.3 Å². The molecule has 1 fully saturated rings. The average molecular weight is 129 g/mol. The van der Waals surface area contributed by atoms with Crippen LogP contribution in [0.25, 0.3) is 0 Å². The minimum absolute atomic E-state index is 0.131. The molecule has 1 rings (SSSR count). The van der Waals surface area contributed by atoms with Crippen molar-refractivity contribution >= 4 is 5.97 Å². The second-order valence-corrected chi connectivity index (χ2v) is 2.61. The molecule has 0 aromatic rings. The lowest BCUT2D eigenvalue weighted by Gasteiger charge is -1.99. The number of nitrogens with two attached hydrogens (primary N) is 1. The van der Waals surface area contributed by atoms with E-state index in [1.807, 2.05) is 0 Å². The van der Waals surface area contributed by atoms with E-state index in [0.29, 0.717) is 6.42 Å². The van der Waals surface area contributed by atoms with Gasteiger partial charge in [0.05, 0.1) is 5.92 Å². The summed E-state index contributed by atoms with van der Waals surface area (Å²) in [5.41, 5.74) is 5.50. The fraction of sp³-hybridized carbons (Fsp3) is 0.833. The highest BCUT2D eigenvalue weighted by atomic mass is 16.4. The lowest BCUT2D eigenvalue weighted by Crippen LogP contribution is -2.17. The highest BCUT2D eigenvalue weighted by Gasteiger charge is 2.26. The van der Waals surface area contributed by atoms with Gasteiger partial charge in [0.15, 0.2) is 0 Å². The van der Waals surface area contributed by atoms with Crippen LogP contribution in [-0.4, -0.2) is 17.1 Å². The van der Waals surface area contributed by atoms with E-state index in [1.165, 1.54) is 0 Å². The number of carbonyl (C=O) groups is 1. The first kappa shape index (κ1) is 6.55. The van der Waals surface area contributed by atoms with Gasteiger partial charge in [-0.15, -0.1) is 0 Å². The topological polar surface area (TPSA) is 63.3 Å². The van der Waals surface area contributed by atoms with Crippen molar-refractivity contribution in [2.24, 2.45) is 11.7 Å². The largest absolute Gasteiger partial charge is 0.481 e. The van der Waals surface area contributed by atoms with E-state index in [9.17, 15) is 4.79 Å². The van der Waals surface area contributed by atoms with Crippen LogP contribution in [0.2, 0.25) is 0 Å². The summed E-state index contributed by atoms with van der Waals surface area (Å²) in [5, 5.41) is 8.48. The second-order valence-electron chi connectivity index (χ2n) is 2.61. The molecule has 0 saturated heterocycles. The molecule has 1 unspecified atom stereocenters. The third-order valence-electron chi connectivity index (χ3n) is 1.82. The van der Waals surface area contributed by atoms with E-state index in [1.54, 1.807) is 0 Å². The first-order chi connectivity index (χ1) is 4.20. The van der Waals surface area contributed by atoms with Crippen LogP contribution in [0.15, 0.2) is 0 Å². The number of carboxylic acids is 1. The van der Waals surface area contributed by atoms with Crippen LogP contribution in [0.5, 0.6) is 0 Å². The van der Waals surface area contributed by atoms with Gasteiger partial charge >= 0.3 is 5.97 Å². The van der Waals surface area contributed by atoms with E-state index in [4.69, 9.17) is 10.8 Å². The Balaban J connectivity index is 2.39. The van der Waals surface area contributed by atoms with Crippen molar-refractivity contribution in [1.29, 1.82) is 0 Å². The number of hydrogen-bond donors (Lipinski definition) is 2. The molecule has 0 radical (unpaired) electrons. The molecular formula is C6H11NO2. The van der Waals surface area contributed by atoms with Crippen LogP contribution < -0.4 is 5.73 Å². The van der Waals surface area contributed by atoms with Crippen LogP contribution >= 0.6 is 0 Å². The Morgan fingerprint density at radius 2 is 2.22 bits per heavy atom. The number of hydrogen-bond acceptors (Lipinski definition) is 2. The van der Waals surface area contributed by atoms with Gasteiger partial charge in [0, 0.05) is 6.04 Å². The molecule has 1 aliphatic carbocycles. The molecule has 0 bridgehead atoms.